The van der Waals surface area contributed by atoms with Crippen molar-refractivity contribution in [1.82, 2.24) is 9.55 Å². The van der Waals surface area contributed by atoms with Crippen molar-refractivity contribution in [3.63, 3.8) is 0 Å². The molecule has 0 spiro atoms. The summed E-state index contributed by atoms with van der Waals surface area (Å²) in [6.45, 7) is 13.8. The summed E-state index contributed by atoms with van der Waals surface area (Å²) < 4.78 is 35.9. The maximum atomic E-state index is 13.5. The first-order chi connectivity index (χ1) is 18.1. The number of aromatic nitrogens is 2. The van der Waals surface area contributed by atoms with E-state index in [2.05, 4.69) is 36.9 Å². The molecule has 0 atom stereocenters. The van der Waals surface area contributed by atoms with Crippen LogP contribution in [-0.4, -0.2) is 44.1 Å². The van der Waals surface area contributed by atoms with Gasteiger partial charge in [0.05, 0.1) is 34.8 Å². The number of carbonyl (C=O) groups is 1. The van der Waals surface area contributed by atoms with Crippen LogP contribution in [0, 0.1) is 5.41 Å². The van der Waals surface area contributed by atoms with Crippen LogP contribution in [0.25, 0.3) is 17.2 Å². The predicted octanol–water partition coefficient (Wildman–Crippen LogP) is 6.18. The normalized spacial score (nSPS) is 14.9. The van der Waals surface area contributed by atoms with Crippen LogP contribution in [0.1, 0.15) is 66.6 Å². The summed E-state index contributed by atoms with van der Waals surface area (Å²) in [6, 6.07) is 11.8. The number of benzene rings is 2. The molecule has 1 aliphatic rings. The van der Waals surface area contributed by atoms with Crippen LogP contribution < -0.4 is 9.62 Å². The molecule has 0 saturated carbocycles. The fraction of sp³-hybridized carbons (Fsp3) is 0.467. The van der Waals surface area contributed by atoms with E-state index in [0.29, 0.717) is 17.8 Å². The zero-order chi connectivity index (χ0) is 28.6. The molecular formula is C30H40N4O4S. The van der Waals surface area contributed by atoms with Crippen LogP contribution in [0.2, 0.25) is 0 Å². The lowest BCUT2D eigenvalue weighted by atomic mass is 9.92. The third-order valence-corrected chi connectivity index (χ3v) is 8.44. The van der Waals surface area contributed by atoms with E-state index in [-0.39, 0.29) is 21.6 Å². The second-order valence-electron chi connectivity index (χ2n) is 12.4. The summed E-state index contributed by atoms with van der Waals surface area (Å²) in [5.41, 5.74) is 3.73. The number of rotatable bonds is 6. The van der Waals surface area contributed by atoms with Crippen molar-refractivity contribution in [2.45, 2.75) is 71.1 Å². The average Bonchev–Trinajstić information content (AvgIpc) is 3.21. The number of nitrogens with zero attached hydrogens (tertiary/aromatic N) is 3. The summed E-state index contributed by atoms with van der Waals surface area (Å²) >= 11 is 0. The molecule has 2 heterocycles. The Bertz CT molecular complexity index is 1480. The van der Waals surface area contributed by atoms with Crippen LogP contribution in [0.15, 0.2) is 52.9 Å². The van der Waals surface area contributed by atoms with Gasteiger partial charge in [-0.2, -0.15) is 0 Å². The maximum Gasteiger partial charge on any atom is 0.264 e. The number of imidazole rings is 1. The van der Waals surface area contributed by atoms with Crippen molar-refractivity contribution < 1.29 is 17.9 Å². The second-order valence-corrected chi connectivity index (χ2v) is 14.4. The van der Waals surface area contributed by atoms with E-state index in [1.807, 2.05) is 39.0 Å². The van der Waals surface area contributed by atoms with Crippen molar-refractivity contribution in [3.05, 3.63) is 53.9 Å². The maximum absolute atomic E-state index is 13.5. The SMILES string of the molecule is CN(c1ccc2c(c1)nc(C(C)(C)C)n2C=C1CCOCC1)S(=O)(=O)c1ccc(NC(=O)CC(C)(C)C)cc1. The summed E-state index contributed by atoms with van der Waals surface area (Å²) in [5.74, 6) is 0.813. The van der Waals surface area contributed by atoms with E-state index >= 15 is 0 Å². The first-order valence-electron chi connectivity index (χ1n) is 13.3. The van der Waals surface area contributed by atoms with Gasteiger partial charge in [-0.25, -0.2) is 13.4 Å². The Hall–Kier alpha value is -3.17. The summed E-state index contributed by atoms with van der Waals surface area (Å²) in [7, 11) is -2.29. The standard InChI is InChI=1S/C30H40N4O4S/c1-29(2,3)19-27(35)31-22-8-11-24(12-9-22)39(36,37)33(7)23-10-13-26-25(18-23)32-28(30(4,5)6)34(26)20-21-14-16-38-17-15-21/h8-13,18,20H,14-17,19H2,1-7H3,(H,31,35). The minimum absolute atomic E-state index is 0.106. The molecule has 1 aliphatic heterocycles. The van der Waals surface area contributed by atoms with Crippen LogP contribution >= 0.6 is 0 Å². The van der Waals surface area contributed by atoms with Gasteiger partial charge in [-0.3, -0.25) is 9.10 Å². The highest BCUT2D eigenvalue weighted by Gasteiger charge is 2.26. The Morgan fingerprint density at radius 3 is 2.28 bits per heavy atom. The van der Waals surface area contributed by atoms with Crippen molar-refractivity contribution >= 4 is 44.5 Å². The van der Waals surface area contributed by atoms with Crippen LogP contribution in [0.3, 0.4) is 0 Å². The molecule has 0 radical (unpaired) electrons. The number of nitrogens with one attached hydrogen (secondary N) is 1. The molecule has 1 amide bonds. The van der Waals surface area contributed by atoms with Gasteiger partial charge in [0, 0.05) is 30.8 Å². The third kappa shape index (κ3) is 6.70. The first kappa shape index (κ1) is 28.8. The van der Waals surface area contributed by atoms with Crippen LogP contribution in [-0.2, 0) is 25.0 Å². The van der Waals surface area contributed by atoms with Gasteiger partial charge in [-0.15, -0.1) is 0 Å². The molecule has 210 valence electrons. The van der Waals surface area contributed by atoms with E-state index in [9.17, 15) is 13.2 Å². The molecule has 0 aliphatic carbocycles. The number of hydrogen-bond acceptors (Lipinski definition) is 5. The zero-order valence-corrected chi connectivity index (χ0v) is 24.9. The summed E-state index contributed by atoms with van der Waals surface area (Å²) in [4.78, 5) is 17.3. The highest BCUT2D eigenvalue weighted by Crippen LogP contribution is 2.32. The molecule has 1 N–H and O–H groups in total. The van der Waals surface area contributed by atoms with E-state index in [1.165, 1.54) is 22.0 Å². The molecule has 8 nitrogen and oxygen atoms in total. The Morgan fingerprint density at radius 1 is 1.05 bits per heavy atom. The summed E-state index contributed by atoms with van der Waals surface area (Å²) in [5, 5.41) is 2.84. The first-order valence-corrected chi connectivity index (χ1v) is 14.8. The molecule has 9 heteroatoms. The summed E-state index contributed by atoms with van der Waals surface area (Å²) in [6.07, 6.45) is 4.32. The van der Waals surface area contributed by atoms with Gasteiger partial charge >= 0.3 is 0 Å². The molecule has 1 aromatic heterocycles. The number of amides is 1. The van der Waals surface area contributed by atoms with E-state index in [0.717, 1.165) is 42.9 Å². The minimum Gasteiger partial charge on any atom is -0.381 e. The molecule has 39 heavy (non-hydrogen) atoms. The molecule has 1 saturated heterocycles. The van der Waals surface area contributed by atoms with Gasteiger partial charge in [0.25, 0.3) is 10.0 Å². The fourth-order valence-electron chi connectivity index (χ4n) is 4.58. The number of fused-ring (bicyclic) bond motifs is 1. The van der Waals surface area contributed by atoms with Crippen molar-refractivity contribution in [2.24, 2.45) is 5.41 Å². The fourth-order valence-corrected chi connectivity index (χ4v) is 5.77. The minimum atomic E-state index is -3.83. The highest BCUT2D eigenvalue weighted by molar-refractivity contribution is 7.92. The quantitative estimate of drug-likeness (QED) is 0.394. The molecule has 2 aromatic carbocycles. The Kier molecular flexibility index (Phi) is 7.96. The number of ether oxygens (including phenoxy) is 1. The topological polar surface area (TPSA) is 93.5 Å². The van der Waals surface area contributed by atoms with Gasteiger partial charge in [-0.1, -0.05) is 41.5 Å². The number of anilines is 2. The molecular weight excluding hydrogens is 512 g/mol. The zero-order valence-electron chi connectivity index (χ0n) is 24.0. The van der Waals surface area contributed by atoms with Gasteiger partial charge in [0.1, 0.15) is 5.82 Å². The Labute approximate surface area is 232 Å². The molecule has 4 rings (SSSR count). The van der Waals surface area contributed by atoms with Crippen molar-refractivity contribution in [3.8, 4) is 0 Å². The number of hydrogen-bond donors (Lipinski definition) is 1. The highest BCUT2D eigenvalue weighted by atomic mass is 32.2. The monoisotopic (exact) mass is 552 g/mol. The molecule has 1 fully saturated rings. The molecule has 0 unspecified atom stereocenters. The Balaban J connectivity index is 1.62. The third-order valence-electron chi connectivity index (χ3n) is 6.64. The van der Waals surface area contributed by atoms with Gasteiger partial charge in [0.15, 0.2) is 0 Å². The second kappa shape index (κ2) is 10.8. The number of sulfonamides is 1. The molecule has 0 bridgehead atoms. The van der Waals surface area contributed by atoms with E-state index in [4.69, 9.17) is 9.72 Å². The largest absolute Gasteiger partial charge is 0.381 e. The lowest BCUT2D eigenvalue weighted by Crippen LogP contribution is -2.26. The molecule has 3 aromatic rings. The Morgan fingerprint density at radius 2 is 1.69 bits per heavy atom. The van der Waals surface area contributed by atoms with E-state index < -0.39 is 10.0 Å². The van der Waals surface area contributed by atoms with Gasteiger partial charge < -0.3 is 14.6 Å². The van der Waals surface area contributed by atoms with Crippen LogP contribution in [0.4, 0.5) is 11.4 Å². The number of carbonyl (C=O) groups excluding carboxylic acids is 1. The van der Waals surface area contributed by atoms with E-state index in [1.54, 1.807) is 19.2 Å². The lowest BCUT2D eigenvalue weighted by molar-refractivity contribution is -0.117. The van der Waals surface area contributed by atoms with Crippen molar-refractivity contribution in [2.75, 3.05) is 29.9 Å². The average molecular weight is 553 g/mol. The van der Waals surface area contributed by atoms with Crippen LogP contribution in [0.5, 0.6) is 0 Å². The van der Waals surface area contributed by atoms with Crippen molar-refractivity contribution in [1.29, 1.82) is 0 Å². The predicted molar refractivity (Wildman–Crippen MR) is 157 cm³/mol. The smallest absolute Gasteiger partial charge is 0.264 e. The van der Waals surface area contributed by atoms with Gasteiger partial charge in [0.2, 0.25) is 5.91 Å². The lowest BCUT2D eigenvalue weighted by Gasteiger charge is -2.21. The van der Waals surface area contributed by atoms with Gasteiger partial charge in [-0.05, 0) is 66.3 Å².